The van der Waals surface area contributed by atoms with Crippen molar-refractivity contribution in [1.82, 2.24) is 10.6 Å². The van der Waals surface area contributed by atoms with Crippen molar-refractivity contribution in [3.8, 4) is 0 Å². The third-order valence-corrected chi connectivity index (χ3v) is 3.07. The third-order valence-electron chi connectivity index (χ3n) is 3.07. The van der Waals surface area contributed by atoms with Gasteiger partial charge in [0.25, 0.3) is 0 Å². The minimum atomic E-state index is 0.128. The zero-order chi connectivity index (χ0) is 14.1. The first-order valence-electron chi connectivity index (χ1n) is 7.12. The molecule has 1 aromatic carbocycles. The van der Waals surface area contributed by atoms with Gasteiger partial charge in [0.1, 0.15) is 0 Å². The predicted octanol–water partition coefficient (Wildman–Crippen LogP) is 2.89. The molecule has 2 N–H and O–H groups in total. The van der Waals surface area contributed by atoms with Crippen molar-refractivity contribution in [1.29, 1.82) is 0 Å². The lowest BCUT2D eigenvalue weighted by Crippen LogP contribution is -2.29. The topological polar surface area (TPSA) is 41.1 Å². The molecule has 3 nitrogen and oxygen atoms in total. The molecule has 19 heavy (non-hydrogen) atoms. The van der Waals surface area contributed by atoms with E-state index in [0.29, 0.717) is 12.3 Å². The van der Waals surface area contributed by atoms with Crippen molar-refractivity contribution in [2.24, 2.45) is 5.92 Å². The van der Waals surface area contributed by atoms with Gasteiger partial charge in [-0.2, -0.15) is 0 Å². The Balaban J connectivity index is 2.57. The summed E-state index contributed by atoms with van der Waals surface area (Å²) < 4.78 is 0. The average molecular weight is 262 g/mol. The molecule has 0 aliphatic heterocycles. The first-order valence-corrected chi connectivity index (χ1v) is 7.12. The molecular weight excluding hydrogens is 236 g/mol. The summed E-state index contributed by atoms with van der Waals surface area (Å²) in [6.45, 7) is 5.25. The number of hydrogen-bond acceptors (Lipinski definition) is 2. The van der Waals surface area contributed by atoms with Gasteiger partial charge in [-0.15, -0.1) is 0 Å². The van der Waals surface area contributed by atoms with Crippen LogP contribution in [0.25, 0.3) is 0 Å². The molecule has 0 bridgehead atoms. The molecule has 1 atom stereocenters. The molecule has 0 aliphatic carbocycles. The van der Waals surface area contributed by atoms with E-state index in [0.717, 1.165) is 19.4 Å². The third kappa shape index (κ3) is 6.39. The van der Waals surface area contributed by atoms with Gasteiger partial charge in [0.2, 0.25) is 5.91 Å². The van der Waals surface area contributed by atoms with Gasteiger partial charge in [-0.05, 0) is 37.9 Å². The van der Waals surface area contributed by atoms with Gasteiger partial charge in [0, 0.05) is 6.42 Å². The molecule has 0 spiro atoms. The van der Waals surface area contributed by atoms with Crippen LogP contribution in [0.15, 0.2) is 30.3 Å². The fourth-order valence-corrected chi connectivity index (χ4v) is 2.13. The standard InChI is InChI=1S/C16H26N2O/c1-13(2)12-15(14-8-5-4-6-9-14)18-16(19)10-7-11-17-3/h4-6,8-9,13,15,17H,7,10-12H2,1-3H3,(H,18,19). The van der Waals surface area contributed by atoms with Gasteiger partial charge in [-0.1, -0.05) is 44.2 Å². The van der Waals surface area contributed by atoms with Gasteiger partial charge in [-0.3, -0.25) is 4.79 Å². The second kappa shape index (κ2) is 8.70. The van der Waals surface area contributed by atoms with Crippen molar-refractivity contribution >= 4 is 5.91 Å². The Morgan fingerprint density at radius 3 is 2.47 bits per heavy atom. The maximum absolute atomic E-state index is 11.9. The fraction of sp³-hybridized carbons (Fsp3) is 0.562. The minimum absolute atomic E-state index is 0.128. The SMILES string of the molecule is CNCCCC(=O)NC(CC(C)C)c1ccccc1. The van der Waals surface area contributed by atoms with Crippen LogP contribution in [0.2, 0.25) is 0 Å². The van der Waals surface area contributed by atoms with Crippen LogP contribution < -0.4 is 10.6 Å². The van der Waals surface area contributed by atoms with Crippen molar-refractivity contribution in [2.45, 2.75) is 39.2 Å². The summed E-state index contributed by atoms with van der Waals surface area (Å²) in [5.41, 5.74) is 1.19. The molecule has 0 radical (unpaired) electrons. The summed E-state index contributed by atoms with van der Waals surface area (Å²) in [6, 6.07) is 10.3. The van der Waals surface area contributed by atoms with E-state index in [1.54, 1.807) is 0 Å². The molecule has 0 aromatic heterocycles. The molecule has 0 saturated heterocycles. The number of carbonyl (C=O) groups is 1. The Bertz CT molecular complexity index is 362. The molecule has 1 rings (SSSR count). The second-order valence-electron chi connectivity index (χ2n) is 5.37. The molecule has 106 valence electrons. The van der Waals surface area contributed by atoms with E-state index >= 15 is 0 Å². The van der Waals surface area contributed by atoms with Gasteiger partial charge in [0.05, 0.1) is 6.04 Å². The van der Waals surface area contributed by atoms with Gasteiger partial charge in [0.15, 0.2) is 0 Å². The lowest BCUT2D eigenvalue weighted by Gasteiger charge is -2.21. The summed E-state index contributed by atoms with van der Waals surface area (Å²) in [7, 11) is 1.91. The van der Waals surface area contributed by atoms with Crippen molar-refractivity contribution in [3.05, 3.63) is 35.9 Å². The molecule has 0 fully saturated rings. The van der Waals surface area contributed by atoms with Crippen LogP contribution in [0.5, 0.6) is 0 Å². The lowest BCUT2D eigenvalue weighted by atomic mass is 9.97. The summed E-state index contributed by atoms with van der Waals surface area (Å²) in [4.78, 5) is 11.9. The second-order valence-corrected chi connectivity index (χ2v) is 5.37. The number of nitrogens with one attached hydrogen (secondary N) is 2. The predicted molar refractivity (Wildman–Crippen MR) is 79.9 cm³/mol. The normalized spacial score (nSPS) is 12.4. The summed E-state index contributed by atoms with van der Waals surface area (Å²) >= 11 is 0. The van der Waals surface area contributed by atoms with Crippen LogP contribution in [0.4, 0.5) is 0 Å². The number of benzene rings is 1. The highest BCUT2D eigenvalue weighted by Gasteiger charge is 2.15. The summed E-state index contributed by atoms with van der Waals surface area (Å²) in [6.07, 6.45) is 2.44. The van der Waals surface area contributed by atoms with Crippen LogP contribution in [0.1, 0.15) is 44.7 Å². The van der Waals surface area contributed by atoms with Gasteiger partial charge in [-0.25, -0.2) is 0 Å². The molecule has 0 saturated carbocycles. The molecule has 1 unspecified atom stereocenters. The Hall–Kier alpha value is -1.35. The van der Waals surface area contributed by atoms with Crippen LogP contribution in [0.3, 0.4) is 0 Å². The number of rotatable bonds is 8. The molecule has 1 aromatic rings. The maximum atomic E-state index is 11.9. The molecule has 0 aliphatic rings. The average Bonchev–Trinajstić information content (AvgIpc) is 2.39. The molecule has 0 heterocycles. The lowest BCUT2D eigenvalue weighted by molar-refractivity contribution is -0.122. The van der Waals surface area contributed by atoms with Crippen molar-refractivity contribution in [3.63, 3.8) is 0 Å². The highest BCUT2D eigenvalue weighted by Crippen LogP contribution is 2.21. The Kier molecular flexibility index (Phi) is 7.19. The van der Waals surface area contributed by atoms with Crippen LogP contribution >= 0.6 is 0 Å². The van der Waals surface area contributed by atoms with E-state index in [-0.39, 0.29) is 11.9 Å². The Labute approximate surface area is 116 Å². The number of hydrogen-bond donors (Lipinski definition) is 2. The number of amides is 1. The van der Waals surface area contributed by atoms with E-state index in [2.05, 4.69) is 36.6 Å². The van der Waals surface area contributed by atoms with E-state index in [9.17, 15) is 4.79 Å². The van der Waals surface area contributed by atoms with Crippen LogP contribution in [-0.2, 0) is 4.79 Å². The molecular formula is C16H26N2O. The summed E-state index contributed by atoms with van der Waals surface area (Å²) in [5, 5.41) is 6.22. The van der Waals surface area contributed by atoms with Crippen LogP contribution in [-0.4, -0.2) is 19.5 Å². The smallest absolute Gasteiger partial charge is 0.220 e. The van der Waals surface area contributed by atoms with E-state index < -0.39 is 0 Å². The highest BCUT2D eigenvalue weighted by molar-refractivity contribution is 5.76. The number of carbonyl (C=O) groups excluding carboxylic acids is 1. The Morgan fingerprint density at radius 1 is 1.21 bits per heavy atom. The van der Waals surface area contributed by atoms with E-state index in [4.69, 9.17) is 0 Å². The largest absolute Gasteiger partial charge is 0.349 e. The van der Waals surface area contributed by atoms with Gasteiger partial charge >= 0.3 is 0 Å². The van der Waals surface area contributed by atoms with Gasteiger partial charge < -0.3 is 10.6 Å². The Morgan fingerprint density at radius 2 is 1.89 bits per heavy atom. The van der Waals surface area contributed by atoms with Crippen molar-refractivity contribution in [2.75, 3.05) is 13.6 Å². The van der Waals surface area contributed by atoms with Crippen LogP contribution in [0, 0.1) is 5.92 Å². The van der Waals surface area contributed by atoms with Crippen molar-refractivity contribution < 1.29 is 4.79 Å². The van der Waals surface area contributed by atoms with E-state index in [1.807, 2.05) is 25.2 Å². The first-order chi connectivity index (χ1) is 9.13. The quantitative estimate of drug-likeness (QED) is 0.707. The monoisotopic (exact) mass is 262 g/mol. The molecule has 1 amide bonds. The minimum Gasteiger partial charge on any atom is -0.349 e. The zero-order valence-corrected chi connectivity index (χ0v) is 12.3. The first kappa shape index (κ1) is 15.7. The zero-order valence-electron chi connectivity index (χ0n) is 12.3. The fourth-order valence-electron chi connectivity index (χ4n) is 2.13. The highest BCUT2D eigenvalue weighted by atomic mass is 16.1. The summed E-state index contributed by atoms with van der Waals surface area (Å²) in [5.74, 6) is 0.701. The maximum Gasteiger partial charge on any atom is 0.220 e. The van der Waals surface area contributed by atoms with E-state index in [1.165, 1.54) is 5.56 Å². The molecule has 3 heteroatoms.